The van der Waals surface area contributed by atoms with E-state index >= 15 is 0 Å². The minimum Gasteiger partial charge on any atom is -0.497 e. The highest BCUT2D eigenvalue weighted by Gasteiger charge is 2.34. The van der Waals surface area contributed by atoms with Crippen molar-refractivity contribution >= 4 is 11.7 Å². The average molecular weight is 367 g/mol. The highest BCUT2D eigenvalue weighted by Crippen LogP contribution is 2.39. The molecule has 0 radical (unpaired) electrons. The molecule has 140 valence electrons. The van der Waals surface area contributed by atoms with Crippen molar-refractivity contribution in [2.75, 3.05) is 20.8 Å². The molecule has 27 heavy (non-hydrogen) atoms. The van der Waals surface area contributed by atoms with Crippen LogP contribution in [0.1, 0.15) is 40.8 Å². The number of fused-ring (bicyclic) bond motifs is 1. The van der Waals surface area contributed by atoms with E-state index in [0.29, 0.717) is 12.3 Å². The molecule has 0 aliphatic carbocycles. The highest BCUT2D eigenvalue weighted by molar-refractivity contribution is 5.91. The number of aromatic nitrogens is 4. The van der Waals surface area contributed by atoms with E-state index in [0.717, 1.165) is 35.6 Å². The molecule has 1 fully saturated rings. The van der Waals surface area contributed by atoms with E-state index in [9.17, 15) is 4.79 Å². The number of likely N-dealkylation sites (tertiary alicyclic amines) is 1. The monoisotopic (exact) mass is 367 g/mol. The van der Waals surface area contributed by atoms with Gasteiger partial charge in [-0.3, -0.25) is 4.79 Å². The summed E-state index contributed by atoms with van der Waals surface area (Å²) < 4.78 is 12.5. The molecule has 1 unspecified atom stereocenters. The SMILES string of the molecule is COc1ccc(OC)c(C2CCCN2C(=O)c2nc3nccc(C)n3n2)c1. The Morgan fingerprint density at radius 2 is 2.07 bits per heavy atom. The standard InChI is InChI=1S/C19H21N5O3/c1-12-8-9-20-19-21-17(22-24(12)19)18(25)23-10-4-5-15(23)14-11-13(26-2)6-7-16(14)27-3/h6-9,11,15H,4-5,10H2,1-3H3. The number of amides is 1. The molecule has 8 nitrogen and oxygen atoms in total. The highest BCUT2D eigenvalue weighted by atomic mass is 16.5. The third-order valence-electron chi connectivity index (χ3n) is 4.93. The third kappa shape index (κ3) is 2.97. The van der Waals surface area contributed by atoms with Crippen LogP contribution in [0.5, 0.6) is 11.5 Å². The largest absolute Gasteiger partial charge is 0.497 e. The van der Waals surface area contributed by atoms with Crippen LogP contribution in [0.4, 0.5) is 0 Å². The van der Waals surface area contributed by atoms with Gasteiger partial charge in [0.05, 0.1) is 20.3 Å². The van der Waals surface area contributed by atoms with Crippen LogP contribution in [0, 0.1) is 6.92 Å². The second kappa shape index (κ2) is 6.86. The maximum atomic E-state index is 13.2. The Hall–Kier alpha value is -3.16. The molecule has 2 aromatic heterocycles. The van der Waals surface area contributed by atoms with Crippen molar-refractivity contribution in [1.29, 1.82) is 0 Å². The predicted molar refractivity (Wildman–Crippen MR) is 98.1 cm³/mol. The fourth-order valence-corrected chi connectivity index (χ4v) is 3.56. The van der Waals surface area contributed by atoms with Crippen LogP contribution >= 0.6 is 0 Å². The van der Waals surface area contributed by atoms with Crippen LogP contribution in [0.2, 0.25) is 0 Å². The number of carbonyl (C=O) groups is 1. The van der Waals surface area contributed by atoms with Gasteiger partial charge in [-0.15, -0.1) is 5.10 Å². The second-order valence-corrected chi connectivity index (χ2v) is 6.50. The van der Waals surface area contributed by atoms with Gasteiger partial charge in [0.2, 0.25) is 5.82 Å². The smallest absolute Gasteiger partial charge is 0.294 e. The summed E-state index contributed by atoms with van der Waals surface area (Å²) >= 11 is 0. The molecule has 1 aliphatic rings. The lowest BCUT2D eigenvalue weighted by atomic mass is 10.0. The van der Waals surface area contributed by atoms with Crippen LogP contribution in [0.15, 0.2) is 30.5 Å². The Bertz CT molecular complexity index is 1000. The van der Waals surface area contributed by atoms with Gasteiger partial charge >= 0.3 is 0 Å². The number of aryl methyl sites for hydroxylation is 1. The van der Waals surface area contributed by atoms with Crippen molar-refractivity contribution in [3.8, 4) is 11.5 Å². The molecule has 3 heterocycles. The van der Waals surface area contributed by atoms with Gasteiger partial charge in [-0.1, -0.05) is 0 Å². The van der Waals surface area contributed by atoms with Gasteiger partial charge in [-0.05, 0) is 44.0 Å². The van der Waals surface area contributed by atoms with Gasteiger partial charge in [0.1, 0.15) is 11.5 Å². The van der Waals surface area contributed by atoms with Crippen molar-refractivity contribution in [2.45, 2.75) is 25.8 Å². The number of methoxy groups -OCH3 is 2. The molecule has 8 heteroatoms. The molecule has 1 aromatic carbocycles. The maximum Gasteiger partial charge on any atom is 0.294 e. The number of carbonyl (C=O) groups excluding carboxylic acids is 1. The fraction of sp³-hybridized carbons (Fsp3) is 0.368. The Balaban J connectivity index is 1.70. The molecule has 0 N–H and O–H groups in total. The first-order valence-corrected chi connectivity index (χ1v) is 8.83. The van der Waals surface area contributed by atoms with Crippen LogP contribution < -0.4 is 9.47 Å². The van der Waals surface area contributed by atoms with E-state index in [1.165, 1.54) is 0 Å². The lowest BCUT2D eigenvalue weighted by molar-refractivity contribution is 0.0722. The molecule has 1 aliphatic heterocycles. The average Bonchev–Trinajstić information content (AvgIpc) is 3.34. The van der Waals surface area contributed by atoms with Crippen LogP contribution in [-0.4, -0.2) is 51.2 Å². The molecule has 1 amide bonds. The van der Waals surface area contributed by atoms with Crippen molar-refractivity contribution < 1.29 is 14.3 Å². The van der Waals surface area contributed by atoms with Gasteiger partial charge in [0, 0.05) is 24.0 Å². The maximum absolute atomic E-state index is 13.2. The summed E-state index contributed by atoms with van der Waals surface area (Å²) in [5, 5.41) is 4.36. The Morgan fingerprint density at radius 3 is 2.81 bits per heavy atom. The van der Waals surface area contributed by atoms with Crippen LogP contribution in [0.25, 0.3) is 5.78 Å². The van der Waals surface area contributed by atoms with E-state index in [2.05, 4.69) is 15.1 Å². The molecular formula is C19H21N5O3. The van der Waals surface area contributed by atoms with Gasteiger partial charge < -0.3 is 14.4 Å². The molecule has 0 spiro atoms. The van der Waals surface area contributed by atoms with E-state index in [-0.39, 0.29) is 17.8 Å². The lowest BCUT2D eigenvalue weighted by Gasteiger charge is -2.25. The quantitative estimate of drug-likeness (QED) is 0.704. The summed E-state index contributed by atoms with van der Waals surface area (Å²) in [4.78, 5) is 23.5. The fourth-order valence-electron chi connectivity index (χ4n) is 3.56. The molecule has 0 bridgehead atoms. The zero-order valence-electron chi connectivity index (χ0n) is 15.5. The van der Waals surface area contributed by atoms with Crippen LogP contribution in [0.3, 0.4) is 0 Å². The van der Waals surface area contributed by atoms with Crippen molar-refractivity contribution in [2.24, 2.45) is 0 Å². The molecule has 3 aromatic rings. The van der Waals surface area contributed by atoms with Gasteiger partial charge in [-0.25, -0.2) is 9.50 Å². The summed E-state index contributed by atoms with van der Waals surface area (Å²) in [5.41, 5.74) is 1.81. The number of nitrogens with zero attached hydrogens (tertiary/aromatic N) is 5. The zero-order valence-corrected chi connectivity index (χ0v) is 15.5. The molecule has 4 rings (SSSR count). The van der Waals surface area contributed by atoms with Gasteiger partial charge in [-0.2, -0.15) is 4.98 Å². The number of ether oxygens (including phenoxy) is 2. The van der Waals surface area contributed by atoms with Crippen molar-refractivity contribution in [3.05, 3.63) is 47.5 Å². The van der Waals surface area contributed by atoms with Crippen molar-refractivity contribution in [3.63, 3.8) is 0 Å². The topological polar surface area (TPSA) is 81.9 Å². The first-order chi connectivity index (χ1) is 13.1. The second-order valence-electron chi connectivity index (χ2n) is 6.50. The minimum atomic E-state index is -0.202. The lowest BCUT2D eigenvalue weighted by Crippen LogP contribution is -2.31. The Kier molecular flexibility index (Phi) is 4.39. The first kappa shape index (κ1) is 17.3. The molecule has 1 atom stereocenters. The summed E-state index contributed by atoms with van der Waals surface area (Å²) in [6, 6.07) is 7.36. The number of rotatable bonds is 4. The normalized spacial score (nSPS) is 16.7. The van der Waals surface area contributed by atoms with E-state index in [4.69, 9.17) is 9.47 Å². The Morgan fingerprint density at radius 1 is 1.22 bits per heavy atom. The third-order valence-corrected chi connectivity index (χ3v) is 4.93. The van der Waals surface area contributed by atoms with E-state index in [1.54, 1.807) is 29.8 Å². The molecule has 0 saturated carbocycles. The van der Waals surface area contributed by atoms with E-state index < -0.39 is 0 Å². The number of hydrogen-bond donors (Lipinski definition) is 0. The molecule has 1 saturated heterocycles. The summed E-state index contributed by atoms with van der Waals surface area (Å²) in [7, 11) is 3.25. The number of benzene rings is 1. The summed E-state index contributed by atoms with van der Waals surface area (Å²) in [6.07, 6.45) is 3.41. The summed E-state index contributed by atoms with van der Waals surface area (Å²) in [5.74, 6) is 1.85. The zero-order chi connectivity index (χ0) is 19.0. The van der Waals surface area contributed by atoms with Crippen molar-refractivity contribution in [1.82, 2.24) is 24.5 Å². The van der Waals surface area contributed by atoms with E-state index in [1.807, 2.05) is 31.2 Å². The Labute approximate surface area is 156 Å². The molecular weight excluding hydrogens is 346 g/mol. The summed E-state index contributed by atoms with van der Waals surface area (Å²) in [6.45, 7) is 2.54. The van der Waals surface area contributed by atoms with Crippen LogP contribution in [-0.2, 0) is 0 Å². The van der Waals surface area contributed by atoms with Gasteiger partial charge in [0.15, 0.2) is 0 Å². The van der Waals surface area contributed by atoms with Gasteiger partial charge in [0.25, 0.3) is 11.7 Å². The minimum absolute atomic E-state index is 0.108. The number of hydrogen-bond acceptors (Lipinski definition) is 6. The first-order valence-electron chi connectivity index (χ1n) is 8.83. The predicted octanol–water partition coefficient (Wildman–Crippen LogP) is 2.43.